The highest BCUT2D eigenvalue weighted by atomic mass is 16.6. The first-order valence-corrected chi connectivity index (χ1v) is 9.75. The number of esters is 1. The first-order chi connectivity index (χ1) is 12.7. The molecule has 0 unspecified atom stereocenters. The molecule has 26 heavy (non-hydrogen) atoms. The number of piperidine rings is 1. The van der Waals surface area contributed by atoms with E-state index in [0.29, 0.717) is 6.42 Å². The number of carbonyl (C=O) groups is 1. The molecule has 0 spiro atoms. The second-order valence-corrected chi connectivity index (χ2v) is 7.12. The molecule has 0 atom stereocenters. The molecule has 2 aromatic carbocycles. The zero-order valence-corrected chi connectivity index (χ0v) is 15.7. The van der Waals surface area contributed by atoms with Gasteiger partial charge in [-0.3, -0.25) is 4.79 Å². The minimum atomic E-state index is -0.454. The Balaban J connectivity index is 1.57. The standard InChI is InChI=1S/C23H29NO2/c1-2-22(25)26-23(21-13-7-4-8-14-21)15-18-24(19-16-23)17-9-12-20-10-5-3-6-11-20/h3-8,10-11,13-14H,2,9,12,15-19H2,1H3. The highest BCUT2D eigenvalue weighted by Gasteiger charge is 2.39. The van der Waals surface area contributed by atoms with E-state index in [4.69, 9.17) is 4.74 Å². The van der Waals surface area contributed by atoms with Gasteiger partial charge in [0.05, 0.1) is 0 Å². The largest absolute Gasteiger partial charge is 0.454 e. The van der Waals surface area contributed by atoms with Gasteiger partial charge in [0, 0.05) is 32.4 Å². The van der Waals surface area contributed by atoms with Crippen molar-refractivity contribution in [2.45, 2.75) is 44.6 Å². The Morgan fingerprint density at radius 1 is 1.00 bits per heavy atom. The molecule has 3 nitrogen and oxygen atoms in total. The van der Waals surface area contributed by atoms with Crippen LogP contribution >= 0.6 is 0 Å². The molecule has 1 aliphatic rings. The first-order valence-electron chi connectivity index (χ1n) is 9.75. The lowest BCUT2D eigenvalue weighted by atomic mass is 9.84. The lowest BCUT2D eigenvalue weighted by molar-refractivity contribution is -0.166. The summed E-state index contributed by atoms with van der Waals surface area (Å²) in [6, 6.07) is 20.9. The van der Waals surface area contributed by atoms with Crippen LogP contribution in [0.15, 0.2) is 60.7 Å². The van der Waals surface area contributed by atoms with Gasteiger partial charge in [-0.2, -0.15) is 0 Å². The molecule has 0 aliphatic carbocycles. The van der Waals surface area contributed by atoms with Crippen LogP contribution in [0.2, 0.25) is 0 Å². The second-order valence-electron chi connectivity index (χ2n) is 7.12. The third-order valence-corrected chi connectivity index (χ3v) is 5.34. The van der Waals surface area contributed by atoms with E-state index in [1.807, 2.05) is 25.1 Å². The summed E-state index contributed by atoms with van der Waals surface area (Å²) in [5.41, 5.74) is 2.08. The maximum atomic E-state index is 12.0. The summed E-state index contributed by atoms with van der Waals surface area (Å²) in [4.78, 5) is 14.5. The summed E-state index contributed by atoms with van der Waals surface area (Å²) in [7, 11) is 0. The van der Waals surface area contributed by atoms with E-state index >= 15 is 0 Å². The third kappa shape index (κ3) is 4.73. The van der Waals surface area contributed by atoms with Crippen molar-refractivity contribution in [1.29, 1.82) is 0 Å². The van der Waals surface area contributed by atoms with Gasteiger partial charge < -0.3 is 9.64 Å². The van der Waals surface area contributed by atoms with Gasteiger partial charge in [-0.25, -0.2) is 0 Å². The van der Waals surface area contributed by atoms with Crippen molar-refractivity contribution in [3.05, 3.63) is 71.8 Å². The van der Waals surface area contributed by atoms with E-state index in [-0.39, 0.29) is 5.97 Å². The Labute approximate surface area is 157 Å². The highest BCUT2D eigenvalue weighted by Crippen LogP contribution is 2.37. The SMILES string of the molecule is CCC(=O)OC1(c2ccccc2)CCN(CCCc2ccccc2)CC1. The Morgan fingerprint density at radius 2 is 1.62 bits per heavy atom. The highest BCUT2D eigenvalue weighted by molar-refractivity contribution is 5.69. The van der Waals surface area contributed by atoms with Crippen molar-refractivity contribution in [1.82, 2.24) is 4.90 Å². The minimum Gasteiger partial charge on any atom is -0.454 e. The summed E-state index contributed by atoms with van der Waals surface area (Å²) in [6.45, 7) is 4.91. The second kappa shape index (κ2) is 9.00. The predicted molar refractivity (Wildman–Crippen MR) is 105 cm³/mol. The smallest absolute Gasteiger partial charge is 0.306 e. The summed E-state index contributed by atoms with van der Waals surface area (Å²) in [5, 5.41) is 0. The number of aryl methyl sites for hydroxylation is 1. The number of carbonyl (C=O) groups excluding carboxylic acids is 1. The summed E-state index contributed by atoms with van der Waals surface area (Å²) in [6.07, 6.45) is 4.45. The first kappa shape index (κ1) is 18.7. The Morgan fingerprint density at radius 3 is 2.23 bits per heavy atom. The van der Waals surface area contributed by atoms with Crippen molar-refractivity contribution in [3.63, 3.8) is 0 Å². The molecular weight excluding hydrogens is 322 g/mol. The summed E-state index contributed by atoms with van der Waals surface area (Å²) in [5.74, 6) is -0.105. The number of likely N-dealkylation sites (tertiary alicyclic amines) is 1. The summed E-state index contributed by atoms with van der Waals surface area (Å²) < 4.78 is 5.97. The van der Waals surface area contributed by atoms with Crippen molar-refractivity contribution in [3.8, 4) is 0 Å². The van der Waals surface area contributed by atoms with Gasteiger partial charge in [0.15, 0.2) is 0 Å². The predicted octanol–water partition coefficient (Wildman–Crippen LogP) is 4.56. The van der Waals surface area contributed by atoms with Crippen LogP contribution in [0.5, 0.6) is 0 Å². The number of hydrogen-bond donors (Lipinski definition) is 0. The normalized spacial score (nSPS) is 17.0. The Bertz CT molecular complexity index is 676. The lowest BCUT2D eigenvalue weighted by Crippen LogP contribution is -2.45. The molecule has 1 saturated heterocycles. The molecule has 0 aromatic heterocycles. The van der Waals surface area contributed by atoms with Crippen LogP contribution in [0.25, 0.3) is 0 Å². The Kier molecular flexibility index (Phi) is 6.45. The number of rotatable bonds is 7. The summed E-state index contributed by atoms with van der Waals surface area (Å²) >= 11 is 0. The van der Waals surface area contributed by atoms with Crippen LogP contribution in [0.3, 0.4) is 0 Å². The van der Waals surface area contributed by atoms with Gasteiger partial charge in [-0.1, -0.05) is 67.6 Å². The molecule has 0 amide bonds. The molecule has 0 bridgehead atoms. The quantitative estimate of drug-likeness (QED) is 0.685. The van der Waals surface area contributed by atoms with Crippen molar-refractivity contribution < 1.29 is 9.53 Å². The van der Waals surface area contributed by atoms with E-state index in [0.717, 1.165) is 50.9 Å². The van der Waals surface area contributed by atoms with Crippen molar-refractivity contribution in [2.75, 3.05) is 19.6 Å². The van der Waals surface area contributed by atoms with Gasteiger partial charge in [0.2, 0.25) is 0 Å². The zero-order chi connectivity index (χ0) is 18.2. The zero-order valence-electron chi connectivity index (χ0n) is 15.7. The van der Waals surface area contributed by atoms with Crippen LogP contribution in [0.1, 0.15) is 43.7 Å². The molecule has 1 fully saturated rings. The van der Waals surface area contributed by atoms with Gasteiger partial charge in [0.1, 0.15) is 5.60 Å². The van der Waals surface area contributed by atoms with E-state index in [1.54, 1.807) is 0 Å². The van der Waals surface area contributed by atoms with Gasteiger partial charge in [0.25, 0.3) is 0 Å². The molecule has 0 N–H and O–H groups in total. The monoisotopic (exact) mass is 351 g/mol. The molecule has 0 radical (unpaired) electrons. The maximum Gasteiger partial charge on any atom is 0.306 e. The molecule has 0 saturated carbocycles. The van der Waals surface area contributed by atoms with E-state index in [2.05, 4.69) is 47.4 Å². The molecule has 3 rings (SSSR count). The van der Waals surface area contributed by atoms with Crippen molar-refractivity contribution >= 4 is 5.97 Å². The fourth-order valence-corrected chi connectivity index (χ4v) is 3.77. The molecule has 3 heteroatoms. The minimum absolute atomic E-state index is 0.105. The van der Waals surface area contributed by atoms with E-state index in [9.17, 15) is 4.79 Å². The van der Waals surface area contributed by atoms with Crippen LogP contribution in [-0.2, 0) is 21.6 Å². The molecular formula is C23H29NO2. The third-order valence-electron chi connectivity index (χ3n) is 5.34. The van der Waals surface area contributed by atoms with Gasteiger partial charge in [-0.15, -0.1) is 0 Å². The van der Waals surface area contributed by atoms with Crippen LogP contribution in [-0.4, -0.2) is 30.5 Å². The average molecular weight is 351 g/mol. The van der Waals surface area contributed by atoms with Gasteiger partial charge >= 0.3 is 5.97 Å². The number of hydrogen-bond acceptors (Lipinski definition) is 3. The molecule has 2 aromatic rings. The van der Waals surface area contributed by atoms with E-state index in [1.165, 1.54) is 5.56 Å². The topological polar surface area (TPSA) is 29.5 Å². The van der Waals surface area contributed by atoms with Crippen LogP contribution in [0, 0.1) is 0 Å². The fraction of sp³-hybridized carbons (Fsp3) is 0.435. The van der Waals surface area contributed by atoms with Gasteiger partial charge in [-0.05, 0) is 30.5 Å². The van der Waals surface area contributed by atoms with Crippen LogP contribution in [0.4, 0.5) is 0 Å². The van der Waals surface area contributed by atoms with E-state index < -0.39 is 5.60 Å². The number of ether oxygens (including phenoxy) is 1. The number of nitrogens with zero attached hydrogens (tertiary/aromatic N) is 1. The lowest BCUT2D eigenvalue weighted by Gasteiger charge is -2.41. The van der Waals surface area contributed by atoms with Crippen LogP contribution < -0.4 is 0 Å². The number of benzene rings is 2. The Hall–Kier alpha value is -2.13. The fourth-order valence-electron chi connectivity index (χ4n) is 3.77. The average Bonchev–Trinajstić information content (AvgIpc) is 2.71. The molecule has 138 valence electrons. The molecule has 1 aliphatic heterocycles. The molecule has 1 heterocycles. The maximum absolute atomic E-state index is 12.0. The van der Waals surface area contributed by atoms with Crippen molar-refractivity contribution in [2.24, 2.45) is 0 Å².